The van der Waals surface area contributed by atoms with Crippen LogP contribution in [0.5, 0.6) is 0 Å². The fourth-order valence-electron chi connectivity index (χ4n) is 7.57. The Bertz CT molecular complexity index is 1880. The van der Waals surface area contributed by atoms with Crippen molar-refractivity contribution in [3.8, 4) is 12.1 Å². The molecule has 2 aliphatic rings. The molecule has 0 spiro atoms. The number of nitrogens with two attached hydrogens (primary N) is 1. The van der Waals surface area contributed by atoms with E-state index >= 15 is 0 Å². The summed E-state index contributed by atoms with van der Waals surface area (Å²) in [6.45, 7) is 4.61. The second-order valence-corrected chi connectivity index (χ2v) is 17.0. The van der Waals surface area contributed by atoms with E-state index in [2.05, 4.69) is 23.1 Å². The number of phosphoric acid groups is 1. The van der Waals surface area contributed by atoms with Crippen molar-refractivity contribution in [3.05, 3.63) is 59.3 Å². The molecule has 2 saturated heterocycles. The molecule has 4 heterocycles. The van der Waals surface area contributed by atoms with Crippen molar-refractivity contribution >= 4 is 19.2 Å². The normalized spacial score (nSPS) is 22.9. The zero-order valence-electron chi connectivity index (χ0n) is 33.4. The standard InChI is InChI=1S/C41H58FN6O8P/c1-4-5-6-7-8-9-10-11-12-13-14-15-16-17-18-33(51-25-31-21-30(24-43)22-32(42)23-31)26-52-57(49,50)53-28-41(27-44)38-37(54-40(2,3)56-38)36(55-41)34-19-20-35-39(45)46-29-47-48(34)35/h19-23,29,33,36-38H,4-18,25-26,28H2,1-3H3,(H,49,50)(H2,45,46,47)/t33-,36+,37+,38+,41-/m1/s1. The first kappa shape index (κ1) is 44.6. The number of nitriles is 2. The maximum atomic E-state index is 14.1. The lowest BCUT2D eigenvalue weighted by molar-refractivity contribution is -0.204. The number of ether oxygens (including phenoxy) is 4. The summed E-state index contributed by atoms with van der Waals surface area (Å²) in [5.41, 5.74) is 5.82. The van der Waals surface area contributed by atoms with Gasteiger partial charge >= 0.3 is 7.82 Å². The number of rotatable bonds is 25. The van der Waals surface area contributed by atoms with Crippen LogP contribution in [0.4, 0.5) is 10.2 Å². The lowest BCUT2D eigenvalue weighted by Crippen LogP contribution is -2.45. The van der Waals surface area contributed by atoms with Crippen LogP contribution >= 0.6 is 7.82 Å². The summed E-state index contributed by atoms with van der Waals surface area (Å²) < 4.78 is 64.6. The van der Waals surface area contributed by atoms with Gasteiger partial charge in [-0.3, -0.25) is 9.05 Å². The molecule has 1 unspecified atom stereocenters. The van der Waals surface area contributed by atoms with Crippen LogP contribution in [0.3, 0.4) is 0 Å². The fourth-order valence-corrected chi connectivity index (χ4v) is 8.36. The van der Waals surface area contributed by atoms with Gasteiger partial charge < -0.3 is 29.6 Å². The molecule has 57 heavy (non-hydrogen) atoms. The number of hydrogen-bond acceptors (Lipinski definition) is 12. The van der Waals surface area contributed by atoms with Crippen molar-refractivity contribution in [2.75, 3.05) is 18.9 Å². The lowest BCUT2D eigenvalue weighted by Gasteiger charge is -2.29. The van der Waals surface area contributed by atoms with Gasteiger partial charge in [-0.2, -0.15) is 15.6 Å². The number of nitrogens with zero attached hydrogens (tertiary/aromatic N) is 5. The van der Waals surface area contributed by atoms with Crippen LogP contribution in [0, 0.1) is 28.5 Å². The second-order valence-electron chi connectivity index (χ2n) is 15.6. The first-order valence-electron chi connectivity index (χ1n) is 20.3. The van der Waals surface area contributed by atoms with Gasteiger partial charge in [-0.05, 0) is 56.2 Å². The van der Waals surface area contributed by atoms with Crippen molar-refractivity contribution in [2.45, 2.75) is 159 Å². The second kappa shape index (κ2) is 21.0. The van der Waals surface area contributed by atoms with Crippen molar-refractivity contribution < 1.29 is 41.8 Å². The van der Waals surface area contributed by atoms with Crippen molar-refractivity contribution in [3.63, 3.8) is 0 Å². The number of fused-ring (bicyclic) bond motifs is 2. The van der Waals surface area contributed by atoms with Crippen LogP contribution in [0.15, 0.2) is 36.7 Å². The van der Waals surface area contributed by atoms with Crippen LogP contribution in [0.2, 0.25) is 0 Å². The van der Waals surface area contributed by atoms with E-state index in [4.69, 9.17) is 33.7 Å². The summed E-state index contributed by atoms with van der Waals surface area (Å²) in [5.74, 6) is -1.42. The molecule has 5 rings (SSSR count). The maximum absolute atomic E-state index is 14.1. The first-order valence-corrected chi connectivity index (χ1v) is 21.8. The van der Waals surface area contributed by atoms with E-state index in [9.17, 15) is 24.4 Å². The van der Waals surface area contributed by atoms with Gasteiger partial charge in [0, 0.05) is 0 Å². The van der Waals surface area contributed by atoms with Crippen molar-refractivity contribution in [1.29, 1.82) is 10.5 Å². The molecule has 0 bridgehead atoms. The molecule has 2 aromatic heterocycles. The highest BCUT2D eigenvalue weighted by Gasteiger charge is 2.65. The Morgan fingerprint density at radius 1 is 0.965 bits per heavy atom. The van der Waals surface area contributed by atoms with E-state index in [1.54, 1.807) is 26.0 Å². The zero-order valence-corrected chi connectivity index (χ0v) is 34.3. The minimum atomic E-state index is -4.79. The molecule has 0 amide bonds. The van der Waals surface area contributed by atoms with Gasteiger partial charge in [0.2, 0.25) is 5.60 Å². The van der Waals surface area contributed by atoms with Crippen LogP contribution in [-0.4, -0.2) is 62.4 Å². The summed E-state index contributed by atoms with van der Waals surface area (Å²) in [4.78, 5) is 14.9. The average molecular weight is 813 g/mol. The van der Waals surface area contributed by atoms with Crippen molar-refractivity contribution in [1.82, 2.24) is 14.6 Å². The van der Waals surface area contributed by atoms with Crippen LogP contribution in [0.1, 0.15) is 140 Å². The van der Waals surface area contributed by atoms with E-state index in [-0.39, 0.29) is 24.6 Å². The van der Waals surface area contributed by atoms with Gasteiger partial charge in [-0.25, -0.2) is 18.5 Å². The SMILES string of the molecule is CCCCCCCCCCCCCCCC[C@H](COP(=O)(O)OC[C@@]1(C#N)O[C@@H](c2ccc3c(N)ncnn23)[C@@H]2OC(C)(C)O[C@@H]21)OCc1cc(F)cc(C#N)c1. The maximum Gasteiger partial charge on any atom is 0.472 e. The molecular formula is C41H58FN6O8P. The Hall–Kier alpha value is -3.50. The first-order chi connectivity index (χ1) is 27.4. The Balaban J connectivity index is 1.15. The average Bonchev–Trinajstić information content (AvgIpc) is 3.85. The highest BCUT2D eigenvalue weighted by atomic mass is 31.2. The molecule has 1 aromatic carbocycles. The lowest BCUT2D eigenvalue weighted by atomic mass is 9.96. The predicted octanol–water partition coefficient (Wildman–Crippen LogP) is 8.77. The van der Waals surface area contributed by atoms with Crippen LogP contribution < -0.4 is 5.73 Å². The van der Waals surface area contributed by atoms with Gasteiger partial charge in [0.05, 0.1) is 36.6 Å². The van der Waals surface area contributed by atoms with E-state index in [1.165, 1.54) is 87.2 Å². The van der Waals surface area contributed by atoms with E-state index in [0.29, 0.717) is 23.2 Å². The number of benzene rings is 1. The molecule has 0 radical (unpaired) electrons. The molecule has 0 saturated carbocycles. The van der Waals surface area contributed by atoms with Gasteiger partial charge in [-0.15, -0.1) is 0 Å². The van der Waals surface area contributed by atoms with Crippen LogP contribution in [-0.2, 0) is 39.2 Å². The van der Waals surface area contributed by atoms with E-state index < -0.39 is 56.1 Å². The number of aromatic nitrogens is 3. The smallest absolute Gasteiger partial charge is 0.382 e. The van der Waals surface area contributed by atoms with Gasteiger partial charge in [0.25, 0.3) is 0 Å². The number of phosphoric ester groups is 1. The molecule has 6 atom stereocenters. The monoisotopic (exact) mass is 812 g/mol. The number of halogens is 1. The number of hydrogen-bond donors (Lipinski definition) is 2. The highest BCUT2D eigenvalue weighted by Crippen LogP contribution is 2.52. The summed E-state index contributed by atoms with van der Waals surface area (Å²) in [6.07, 6.45) is 15.4. The van der Waals surface area contributed by atoms with Crippen LogP contribution in [0.25, 0.3) is 5.52 Å². The molecule has 2 aliphatic heterocycles. The topological polar surface area (TPSA) is 196 Å². The third-order valence-electron chi connectivity index (χ3n) is 10.5. The summed E-state index contributed by atoms with van der Waals surface area (Å²) >= 11 is 0. The molecule has 14 nitrogen and oxygen atoms in total. The molecule has 0 aliphatic carbocycles. The third kappa shape index (κ3) is 12.5. The third-order valence-corrected chi connectivity index (χ3v) is 11.5. The Labute approximate surface area is 335 Å². The fraction of sp³-hybridized carbons (Fsp3) is 0.659. The van der Waals surface area contributed by atoms with Gasteiger partial charge in [0.1, 0.15) is 48.6 Å². The van der Waals surface area contributed by atoms with Gasteiger partial charge in [0.15, 0.2) is 11.6 Å². The van der Waals surface area contributed by atoms with Crippen molar-refractivity contribution in [2.24, 2.45) is 0 Å². The Kier molecular flexibility index (Phi) is 16.4. The quantitative estimate of drug-likeness (QED) is 0.0609. The number of anilines is 1. The number of nitrogen functional groups attached to an aromatic ring is 1. The minimum Gasteiger partial charge on any atom is -0.382 e. The molecule has 16 heteroatoms. The largest absolute Gasteiger partial charge is 0.472 e. The highest BCUT2D eigenvalue weighted by molar-refractivity contribution is 7.47. The Morgan fingerprint density at radius 2 is 1.63 bits per heavy atom. The Morgan fingerprint density at radius 3 is 2.28 bits per heavy atom. The zero-order chi connectivity index (χ0) is 40.9. The minimum absolute atomic E-state index is 0.0381. The number of unbranched alkanes of at least 4 members (excludes halogenated alkanes) is 13. The summed E-state index contributed by atoms with van der Waals surface area (Å²) in [5, 5.41) is 24.1. The molecule has 3 aromatic rings. The predicted molar refractivity (Wildman–Crippen MR) is 210 cm³/mol. The summed E-state index contributed by atoms with van der Waals surface area (Å²) in [6, 6.07) is 11.5. The van der Waals surface area contributed by atoms with Gasteiger partial charge in [-0.1, -0.05) is 96.8 Å². The molecular weight excluding hydrogens is 754 g/mol. The summed E-state index contributed by atoms with van der Waals surface area (Å²) in [7, 11) is -4.79. The van der Waals surface area contributed by atoms with E-state index in [1.807, 2.05) is 6.07 Å². The molecule has 3 N–H and O–H groups in total. The molecule has 2 fully saturated rings. The molecule has 312 valence electrons. The van der Waals surface area contributed by atoms with E-state index in [0.717, 1.165) is 31.7 Å².